The predicted molar refractivity (Wildman–Crippen MR) is 227 cm³/mol. The highest BCUT2D eigenvalue weighted by atomic mass is 19.4. The van der Waals surface area contributed by atoms with Crippen LogP contribution in [0.3, 0.4) is 0 Å². The standard InChI is InChI=1S/C45H41F12N7O4/c1-67-37-21-34(22-38(23-37)68-2)60-39(58-24-35(13-26-9-5-3-6-10-26)63-40(65)61-32-17-28(42(46,47)48)15-29(18-32)43(49,50)51)59-25-36(14-27-11-7-4-8-12-27)64-41(66)62-33-19-30(44(52,53)54)16-31(20-33)45(55,56)57/h3-12,15-23,35-36H,13-14,24-25H2,1-2H3,(H2,58,59,60)(H2,61,63,65)(H2,62,64,66)/p+1/t35-,36-/m0/s1. The lowest BCUT2D eigenvalue weighted by Crippen LogP contribution is -2.82. The summed E-state index contributed by atoms with van der Waals surface area (Å²) in [7, 11) is 2.78. The van der Waals surface area contributed by atoms with E-state index in [1.54, 1.807) is 78.9 Å². The summed E-state index contributed by atoms with van der Waals surface area (Å²) in [6, 6.07) is 18.6. The molecule has 2 atom stereocenters. The zero-order chi connectivity index (χ0) is 49.9. The Morgan fingerprint density at radius 3 is 1.25 bits per heavy atom. The molecule has 68 heavy (non-hydrogen) atoms. The summed E-state index contributed by atoms with van der Waals surface area (Å²) in [5, 5.41) is 15.4. The molecule has 0 unspecified atom stereocenters. The van der Waals surface area contributed by atoms with Crippen molar-refractivity contribution in [1.82, 2.24) is 16.0 Å². The van der Waals surface area contributed by atoms with Crippen molar-refractivity contribution in [1.29, 1.82) is 0 Å². The Bertz CT molecular complexity index is 2430. The number of hydrogen-bond donors (Lipinski definition) is 7. The summed E-state index contributed by atoms with van der Waals surface area (Å²) >= 11 is 0. The van der Waals surface area contributed by atoms with Crippen molar-refractivity contribution in [3.05, 3.63) is 149 Å². The summed E-state index contributed by atoms with van der Waals surface area (Å²) in [5.74, 6) is 0.720. The molecule has 5 rings (SSSR count). The topological polar surface area (TPSA) is 139 Å². The normalized spacial score (nSPS) is 13.2. The number of urea groups is 2. The molecule has 364 valence electrons. The lowest BCUT2D eigenvalue weighted by molar-refractivity contribution is -0.463. The second kappa shape index (κ2) is 22.0. The number of guanidine groups is 1. The third-order valence-electron chi connectivity index (χ3n) is 9.68. The van der Waals surface area contributed by atoms with Gasteiger partial charge in [0.25, 0.3) is 0 Å². The van der Waals surface area contributed by atoms with Crippen LogP contribution in [0.2, 0.25) is 0 Å². The highest BCUT2D eigenvalue weighted by Gasteiger charge is 2.38. The lowest BCUT2D eigenvalue weighted by atomic mass is 10.1. The van der Waals surface area contributed by atoms with Gasteiger partial charge in [0.15, 0.2) is 0 Å². The molecule has 0 aliphatic heterocycles. The van der Waals surface area contributed by atoms with Crippen molar-refractivity contribution < 1.29 is 76.7 Å². The maximum absolute atomic E-state index is 13.6. The maximum Gasteiger partial charge on any atom is 0.416 e. The van der Waals surface area contributed by atoms with Crippen LogP contribution >= 0.6 is 0 Å². The maximum atomic E-state index is 13.6. The molecule has 5 aromatic rings. The largest absolute Gasteiger partial charge is 0.496 e. The molecule has 0 bridgehead atoms. The number of methoxy groups -OCH3 is 2. The van der Waals surface area contributed by atoms with Crippen LogP contribution in [0, 0.1) is 0 Å². The first kappa shape index (κ1) is 51.7. The van der Waals surface area contributed by atoms with E-state index in [-0.39, 0.29) is 44.0 Å². The second-order valence-corrected chi connectivity index (χ2v) is 14.9. The van der Waals surface area contributed by atoms with Crippen LogP contribution < -0.4 is 46.4 Å². The first-order valence-corrected chi connectivity index (χ1v) is 20.0. The van der Waals surface area contributed by atoms with Gasteiger partial charge in [0.05, 0.1) is 61.6 Å². The Kier molecular flexibility index (Phi) is 16.7. The Morgan fingerprint density at radius 1 is 0.500 bits per heavy atom. The zero-order valence-electron chi connectivity index (χ0n) is 35.6. The number of carbonyl (C=O) groups excluding carboxylic acids is 2. The number of hydrogen-bond acceptors (Lipinski definition) is 4. The van der Waals surface area contributed by atoms with Gasteiger partial charge in [0, 0.05) is 29.6 Å². The van der Waals surface area contributed by atoms with E-state index < -0.39 is 82.5 Å². The van der Waals surface area contributed by atoms with Crippen LogP contribution in [-0.4, -0.2) is 57.4 Å². The van der Waals surface area contributed by atoms with Gasteiger partial charge in [-0.2, -0.15) is 52.7 Å². The van der Waals surface area contributed by atoms with Crippen LogP contribution in [0.15, 0.2) is 115 Å². The molecule has 0 heterocycles. The fourth-order valence-electron chi connectivity index (χ4n) is 6.53. The molecule has 0 radical (unpaired) electrons. The third kappa shape index (κ3) is 15.9. The van der Waals surface area contributed by atoms with Gasteiger partial charge in [-0.1, -0.05) is 60.7 Å². The number of amides is 4. The van der Waals surface area contributed by atoms with Crippen molar-refractivity contribution in [3.8, 4) is 11.5 Å². The molecule has 0 aliphatic rings. The Hall–Kier alpha value is -7.33. The van der Waals surface area contributed by atoms with E-state index in [2.05, 4.69) is 36.9 Å². The Labute approximate surface area is 380 Å². The van der Waals surface area contributed by atoms with Gasteiger partial charge in [0.1, 0.15) is 17.2 Å². The van der Waals surface area contributed by atoms with E-state index in [9.17, 15) is 62.3 Å². The molecule has 0 fully saturated rings. The first-order chi connectivity index (χ1) is 31.9. The minimum atomic E-state index is -5.18. The summed E-state index contributed by atoms with van der Waals surface area (Å²) in [6.07, 6.45) is -20.6. The summed E-state index contributed by atoms with van der Waals surface area (Å²) < 4.78 is 174. The molecule has 7 N–H and O–H groups in total. The molecule has 0 spiro atoms. The molecule has 5 aromatic carbocycles. The van der Waals surface area contributed by atoms with Gasteiger partial charge in [-0.15, -0.1) is 0 Å². The number of nitrogens with one attached hydrogen (secondary N) is 7. The monoisotopic (exact) mass is 972 g/mol. The van der Waals surface area contributed by atoms with Crippen LogP contribution in [0.1, 0.15) is 33.4 Å². The van der Waals surface area contributed by atoms with Gasteiger partial charge in [-0.3, -0.25) is 10.3 Å². The first-order valence-electron chi connectivity index (χ1n) is 20.0. The third-order valence-corrected chi connectivity index (χ3v) is 9.68. The number of rotatable bonds is 15. The smallest absolute Gasteiger partial charge is 0.416 e. The number of carbonyl (C=O) groups is 2. The number of ether oxygens (including phenoxy) is 2. The Morgan fingerprint density at radius 2 is 0.868 bits per heavy atom. The minimum Gasteiger partial charge on any atom is -0.496 e. The van der Waals surface area contributed by atoms with Gasteiger partial charge in [0.2, 0.25) is 0 Å². The van der Waals surface area contributed by atoms with Gasteiger partial charge in [-0.05, 0) is 60.4 Å². The molecule has 4 amide bonds. The molecule has 0 saturated carbocycles. The number of alkyl halides is 12. The highest BCUT2D eigenvalue weighted by Crippen LogP contribution is 2.39. The predicted octanol–water partition coefficient (Wildman–Crippen LogP) is 9.08. The van der Waals surface area contributed by atoms with Crippen molar-refractivity contribution >= 4 is 35.1 Å². The molecular formula is C45H42F12N7O4+. The minimum absolute atomic E-state index is 0.0567. The Balaban J connectivity index is 1.46. The summed E-state index contributed by atoms with van der Waals surface area (Å²) in [4.78, 5) is 29.7. The van der Waals surface area contributed by atoms with E-state index in [1.807, 2.05) is 0 Å². The van der Waals surface area contributed by atoms with Crippen molar-refractivity contribution in [2.75, 3.05) is 43.3 Å². The number of halogens is 12. The molecule has 11 nitrogen and oxygen atoms in total. The fraction of sp³-hybridized carbons (Fsp3) is 0.267. The summed E-state index contributed by atoms with van der Waals surface area (Å²) in [5.41, 5.74) is -6.57. The van der Waals surface area contributed by atoms with E-state index in [0.717, 1.165) is 0 Å². The molecule has 23 heteroatoms. The van der Waals surface area contributed by atoms with Crippen LogP contribution in [-0.2, 0) is 37.5 Å². The highest BCUT2D eigenvalue weighted by molar-refractivity contribution is 5.91. The van der Waals surface area contributed by atoms with E-state index in [1.165, 1.54) is 14.2 Å². The molecule has 0 aliphatic carbocycles. The number of benzene rings is 5. The van der Waals surface area contributed by atoms with E-state index in [4.69, 9.17) is 9.47 Å². The number of anilines is 3. The van der Waals surface area contributed by atoms with Crippen molar-refractivity contribution in [2.45, 2.75) is 49.6 Å². The average molecular weight is 973 g/mol. The van der Waals surface area contributed by atoms with Crippen molar-refractivity contribution in [2.24, 2.45) is 0 Å². The second-order valence-electron chi connectivity index (χ2n) is 14.9. The fourth-order valence-corrected chi connectivity index (χ4v) is 6.53. The summed E-state index contributed by atoms with van der Waals surface area (Å²) in [6.45, 7) is -0.410. The van der Waals surface area contributed by atoms with E-state index in [0.29, 0.717) is 52.6 Å². The van der Waals surface area contributed by atoms with Gasteiger partial charge < -0.3 is 30.7 Å². The lowest BCUT2D eigenvalue weighted by Gasteiger charge is -2.21. The quantitative estimate of drug-likeness (QED) is 0.0318. The molecular weight excluding hydrogens is 931 g/mol. The van der Waals surface area contributed by atoms with E-state index >= 15 is 0 Å². The van der Waals surface area contributed by atoms with Gasteiger partial charge in [-0.25, -0.2) is 14.9 Å². The van der Waals surface area contributed by atoms with Gasteiger partial charge >= 0.3 is 42.7 Å². The van der Waals surface area contributed by atoms with Crippen LogP contribution in [0.5, 0.6) is 11.5 Å². The van der Waals surface area contributed by atoms with Crippen LogP contribution in [0.4, 0.5) is 79.3 Å². The van der Waals surface area contributed by atoms with Crippen molar-refractivity contribution in [3.63, 3.8) is 0 Å². The molecule has 0 aromatic heterocycles. The SMILES string of the molecule is COc1cc(NC(NC[C@H](Cc2ccccc2)NC(=O)Nc2cc(C(F)(F)F)cc(C(F)(F)F)c2)=[NH+]C[C@H](Cc2ccccc2)NC(=O)Nc2cc(C(F)(F)F)cc(C(F)(F)F)c2)cc(OC)c1. The average Bonchev–Trinajstić information content (AvgIpc) is 3.26. The molecule has 0 saturated heterocycles. The van der Waals surface area contributed by atoms with Crippen LogP contribution in [0.25, 0.3) is 0 Å². The zero-order valence-corrected chi connectivity index (χ0v) is 35.6.